The smallest absolute Gasteiger partial charge is 0.264 e. The van der Waals surface area contributed by atoms with Crippen molar-refractivity contribution in [3.63, 3.8) is 0 Å². The van der Waals surface area contributed by atoms with Gasteiger partial charge in [0.25, 0.3) is 15.9 Å². The van der Waals surface area contributed by atoms with Crippen molar-refractivity contribution in [1.82, 2.24) is 9.55 Å². The van der Waals surface area contributed by atoms with E-state index >= 15 is 0 Å². The lowest BCUT2D eigenvalue weighted by atomic mass is 10.1. The summed E-state index contributed by atoms with van der Waals surface area (Å²) in [6.45, 7) is 3.06. The van der Waals surface area contributed by atoms with Crippen LogP contribution in [-0.4, -0.2) is 36.5 Å². The molecule has 33 heavy (non-hydrogen) atoms. The molecule has 0 spiro atoms. The van der Waals surface area contributed by atoms with Crippen LogP contribution in [0.5, 0.6) is 0 Å². The quantitative estimate of drug-likeness (QED) is 0.468. The molecule has 0 radical (unpaired) electrons. The van der Waals surface area contributed by atoms with Crippen molar-refractivity contribution >= 4 is 38.6 Å². The average molecular weight is 459 g/mol. The predicted molar refractivity (Wildman–Crippen MR) is 127 cm³/mol. The van der Waals surface area contributed by atoms with Crippen molar-refractivity contribution in [3.05, 3.63) is 83.9 Å². The number of fused-ring (bicyclic) bond motifs is 4. The lowest BCUT2D eigenvalue weighted by molar-refractivity contribution is 0.0988. The Hall–Kier alpha value is -3.65. The molecule has 0 bridgehead atoms. The topological polar surface area (TPSA) is 75.5 Å². The summed E-state index contributed by atoms with van der Waals surface area (Å²) in [5.41, 5.74) is 3.87. The van der Waals surface area contributed by atoms with Crippen molar-refractivity contribution in [2.24, 2.45) is 0 Å². The van der Waals surface area contributed by atoms with Crippen LogP contribution in [-0.2, 0) is 23.0 Å². The summed E-state index contributed by atoms with van der Waals surface area (Å²) in [6.07, 6.45) is 0.665. The summed E-state index contributed by atoms with van der Waals surface area (Å²) >= 11 is 0. The van der Waals surface area contributed by atoms with Crippen LogP contribution in [0.15, 0.2) is 77.7 Å². The number of anilines is 2. The SMILES string of the molecule is CC1Cc2ccccc2N1S(=O)(=O)c1cccc(C(=O)N2CCn3c2nc2ccccc23)c1. The van der Waals surface area contributed by atoms with Gasteiger partial charge in [-0.3, -0.25) is 14.0 Å². The van der Waals surface area contributed by atoms with E-state index in [1.165, 1.54) is 10.4 Å². The number of benzene rings is 3. The number of aromatic nitrogens is 2. The summed E-state index contributed by atoms with van der Waals surface area (Å²) in [7, 11) is -3.82. The Labute approximate surface area is 191 Å². The maximum absolute atomic E-state index is 13.6. The van der Waals surface area contributed by atoms with Crippen LogP contribution < -0.4 is 9.21 Å². The molecule has 4 aromatic rings. The van der Waals surface area contributed by atoms with E-state index < -0.39 is 10.0 Å². The first-order valence-electron chi connectivity index (χ1n) is 10.9. The molecule has 3 heterocycles. The standard InChI is InChI=1S/C25H22N4O3S/c1-17-15-18-7-2-4-11-22(18)29(17)33(31,32)20-9-6-8-19(16-20)24(30)28-14-13-27-23-12-5-3-10-21(23)26-25(27)28/h2-12,16-17H,13-15H2,1H3. The molecule has 0 fully saturated rings. The Bertz CT molecular complexity index is 1530. The van der Waals surface area contributed by atoms with Crippen molar-refractivity contribution in [3.8, 4) is 0 Å². The second kappa shape index (κ2) is 7.18. The molecule has 3 aromatic carbocycles. The monoisotopic (exact) mass is 458 g/mol. The number of para-hydroxylation sites is 3. The molecule has 1 aromatic heterocycles. The number of carbonyl (C=O) groups is 1. The third-order valence-corrected chi connectivity index (χ3v) is 8.37. The normalized spacial score (nSPS) is 17.4. The van der Waals surface area contributed by atoms with E-state index in [1.54, 1.807) is 23.1 Å². The third kappa shape index (κ3) is 2.97. The minimum absolute atomic E-state index is 0.115. The van der Waals surface area contributed by atoms with Crippen LogP contribution in [0.1, 0.15) is 22.8 Å². The fourth-order valence-electron chi connectivity index (χ4n) is 4.94. The molecule has 0 saturated heterocycles. The second-order valence-corrected chi connectivity index (χ2v) is 10.3. The number of hydrogen-bond donors (Lipinski definition) is 0. The van der Waals surface area contributed by atoms with Gasteiger partial charge in [0.2, 0.25) is 5.95 Å². The zero-order valence-electron chi connectivity index (χ0n) is 18.0. The van der Waals surface area contributed by atoms with E-state index in [-0.39, 0.29) is 16.8 Å². The third-order valence-electron chi connectivity index (χ3n) is 6.45. The van der Waals surface area contributed by atoms with Crippen molar-refractivity contribution in [1.29, 1.82) is 0 Å². The van der Waals surface area contributed by atoms with Gasteiger partial charge in [-0.2, -0.15) is 0 Å². The molecule has 2 aliphatic rings. The minimum Gasteiger partial charge on any atom is -0.308 e. The molecule has 1 amide bonds. The molecule has 166 valence electrons. The molecule has 7 nitrogen and oxygen atoms in total. The van der Waals surface area contributed by atoms with Crippen LogP contribution in [0.3, 0.4) is 0 Å². The second-order valence-electron chi connectivity index (χ2n) is 8.52. The maximum atomic E-state index is 13.6. The first kappa shape index (κ1) is 20.0. The Kier molecular flexibility index (Phi) is 4.35. The van der Waals surface area contributed by atoms with Gasteiger partial charge in [-0.25, -0.2) is 13.4 Å². The Morgan fingerprint density at radius 3 is 2.64 bits per heavy atom. The highest BCUT2D eigenvalue weighted by atomic mass is 32.2. The number of sulfonamides is 1. The van der Waals surface area contributed by atoms with E-state index in [0.29, 0.717) is 36.7 Å². The molecule has 0 N–H and O–H groups in total. The highest BCUT2D eigenvalue weighted by Gasteiger charge is 2.36. The molecule has 1 unspecified atom stereocenters. The first-order chi connectivity index (χ1) is 15.9. The first-order valence-corrected chi connectivity index (χ1v) is 12.4. The summed E-state index contributed by atoms with van der Waals surface area (Å²) in [5.74, 6) is 0.340. The summed E-state index contributed by atoms with van der Waals surface area (Å²) in [5, 5.41) is 0. The predicted octanol–water partition coefficient (Wildman–Crippen LogP) is 3.84. The number of rotatable bonds is 3. The van der Waals surface area contributed by atoms with E-state index in [9.17, 15) is 13.2 Å². The van der Waals surface area contributed by atoms with E-state index in [4.69, 9.17) is 0 Å². The van der Waals surface area contributed by atoms with Crippen LogP contribution >= 0.6 is 0 Å². The van der Waals surface area contributed by atoms with Gasteiger partial charge < -0.3 is 4.57 Å². The lowest BCUT2D eigenvalue weighted by Gasteiger charge is -2.25. The summed E-state index contributed by atoms with van der Waals surface area (Å²) in [6, 6.07) is 21.5. The van der Waals surface area contributed by atoms with Gasteiger partial charge in [-0.15, -0.1) is 0 Å². The Morgan fingerprint density at radius 1 is 0.970 bits per heavy atom. The van der Waals surface area contributed by atoms with E-state index in [2.05, 4.69) is 4.98 Å². The van der Waals surface area contributed by atoms with Gasteiger partial charge in [0.05, 0.1) is 21.6 Å². The Balaban J connectivity index is 1.36. The van der Waals surface area contributed by atoms with Gasteiger partial charge in [0, 0.05) is 24.7 Å². The summed E-state index contributed by atoms with van der Waals surface area (Å²) < 4.78 is 30.7. The zero-order chi connectivity index (χ0) is 22.7. The number of amides is 1. The van der Waals surface area contributed by atoms with Crippen LogP contribution in [0.4, 0.5) is 11.6 Å². The van der Waals surface area contributed by atoms with Crippen molar-refractivity contribution < 1.29 is 13.2 Å². The highest BCUT2D eigenvalue weighted by molar-refractivity contribution is 7.92. The minimum atomic E-state index is -3.82. The molecule has 2 aliphatic heterocycles. The molecule has 8 heteroatoms. The molecular formula is C25H22N4O3S. The van der Waals surface area contributed by atoms with Gasteiger partial charge in [-0.1, -0.05) is 36.4 Å². The fraction of sp³-hybridized carbons (Fsp3) is 0.200. The largest absolute Gasteiger partial charge is 0.308 e. The van der Waals surface area contributed by atoms with Gasteiger partial charge in [0.1, 0.15) is 0 Å². The number of nitrogens with zero attached hydrogens (tertiary/aromatic N) is 4. The summed E-state index contributed by atoms with van der Waals surface area (Å²) in [4.78, 5) is 19.8. The van der Waals surface area contributed by atoms with Crippen LogP contribution in [0, 0.1) is 0 Å². The van der Waals surface area contributed by atoms with Crippen LogP contribution in [0.2, 0.25) is 0 Å². The zero-order valence-corrected chi connectivity index (χ0v) is 18.9. The molecule has 0 saturated carbocycles. The van der Waals surface area contributed by atoms with Crippen molar-refractivity contribution in [2.45, 2.75) is 30.8 Å². The maximum Gasteiger partial charge on any atom is 0.264 e. The van der Waals surface area contributed by atoms with Gasteiger partial charge >= 0.3 is 0 Å². The lowest BCUT2D eigenvalue weighted by Crippen LogP contribution is -2.36. The fourth-order valence-corrected chi connectivity index (χ4v) is 6.68. The molecule has 0 aliphatic carbocycles. The number of hydrogen-bond acceptors (Lipinski definition) is 4. The number of carbonyl (C=O) groups excluding carboxylic acids is 1. The van der Waals surface area contributed by atoms with E-state index in [1.807, 2.05) is 60.0 Å². The number of imidazole rings is 1. The van der Waals surface area contributed by atoms with Gasteiger partial charge in [0.15, 0.2) is 0 Å². The molecule has 1 atom stereocenters. The van der Waals surface area contributed by atoms with Gasteiger partial charge in [-0.05, 0) is 55.3 Å². The molecule has 6 rings (SSSR count). The van der Waals surface area contributed by atoms with E-state index in [0.717, 1.165) is 16.6 Å². The Morgan fingerprint density at radius 2 is 1.76 bits per heavy atom. The molecular weight excluding hydrogens is 436 g/mol. The van der Waals surface area contributed by atoms with Crippen LogP contribution in [0.25, 0.3) is 11.0 Å². The van der Waals surface area contributed by atoms with Crippen molar-refractivity contribution in [2.75, 3.05) is 15.7 Å². The average Bonchev–Trinajstić information content (AvgIpc) is 3.49. The highest BCUT2D eigenvalue weighted by Crippen LogP contribution is 2.37.